The monoisotopic (exact) mass is 261 g/mol. The standard InChI is InChI=1S/C12H19N7/c13-15-11(12-8-14-18-16-12)7-9-5-6-19(17-9)10-3-1-2-4-10/h5-6,8,10-11,15H,1-4,7,13H2,(H,14,16,18). The first-order valence-corrected chi connectivity index (χ1v) is 6.72. The van der Waals surface area contributed by atoms with Crippen LogP contribution < -0.4 is 11.3 Å². The molecular formula is C12H19N7. The predicted octanol–water partition coefficient (Wildman–Crippen LogP) is 0.863. The van der Waals surface area contributed by atoms with Crippen LogP contribution in [0.5, 0.6) is 0 Å². The maximum absolute atomic E-state index is 5.57. The third kappa shape index (κ3) is 2.66. The van der Waals surface area contributed by atoms with Crippen LogP contribution in [0.25, 0.3) is 0 Å². The zero-order valence-corrected chi connectivity index (χ0v) is 10.8. The van der Waals surface area contributed by atoms with Crippen molar-refractivity contribution in [3.8, 4) is 0 Å². The van der Waals surface area contributed by atoms with Crippen molar-refractivity contribution in [1.29, 1.82) is 0 Å². The second-order valence-corrected chi connectivity index (χ2v) is 5.04. The van der Waals surface area contributed by atoms with Gasteiger partial charge in [0, 0.05) is 12.6 Å². The Labute approximate surface area is 111 Å². The van der Waals surface area contributed by atoms with Crippen LogP contribution in [0, 0.1) is 0 Å². The number of aromatic nitrogens is 5. The molecule has 2 heterocycles. The summed E-state index contributed by atoms with van der Waals surface area (Å²) in [6.45, 7) is 0. The smallest absolute Gasteiger partial charge is 0.101 e. The van der Waals surface area contributed by atoms with Crippen LogP contribution in [0.4, 0.5) is 0 Å². The SMILES string of the molecule is NNC(Cc1ccn(C2CCCC2)n1)c1cn[nH]n1. The highest BCUT2D eigenvalue weighted by Gasteiger charge is 2.19. The zero-order valence-electron chi connectivity index (χ0n) is 10.8. The molecule has 0 aliphatic heterocycles. The van der Waals surface area contributed by atoms with Gasteiger partial charge in [-0.15, -0.1) is 0 Å². The molecule has 0 radical (unpaired) electrons. The Kier molecular flexibility index (Phi) is 3.56. The summed E-state index contributed by atoms with van der Waals surface area (Å²) in [6.07, 6.45) is 9.56. The Bertz CT molecular complexity index is 498. The highest BCUT2D eigenvalue weighted by molar-refractivity contribution is 5.08. The molecule has 4 N–H and O–H groups in total. The van der Waals surface area contributed by atoms with E-state index >= 15 is 0 Å². The number of hydrogen-bond acceptors (Lipinski definition) is 5. The van der Waals surface area contributed by atoms with Crippen molar-refractivity contribution >= 4 is 0 Å². The molecule has 102 valence electrons. The maximum atomic E-state index is 5.57. The molecule has 2 aromatic rings. The molecule has 0 aromatic carbocycles. The van der Waals surface area contributed by atoms with Gasteiger partial charge in [-0.05, 0) is 18.9 Å². The van der Waals surface area contributed by atoms with Crippen molar-refractivity contribution < 1.29 is 0 Å². The predicted molar refractivity (Wildman–Crippen MR) is 69.9 cm³/mol. The fourth-order valence-corrected chi connectivity index (χ4v) is 2.69. The molecule has 0 bridgehead atoms. The molecule has 7 heteroatoms. The largest absolute Gasteiger partial charge is 0.271 e. The van der Waals surface area contributed by atoms with Gasteiger partial charge in [0.1, 0.15) is 5.69 Å². The summed E-state index contributed by atoms with van der Waals surface area (Å²) >= 11 is 0. The van der Waals surface area contributed by atoms with Gasteiger partial charge < -0.3 is 0 Å². The van der Waals surface area contributed by atoms with Crippen molar-refractivity contribution in [1.82, 2.24) is 30.6 Å². The van der Waals surface area contributed by atoms with Crippen LogP contribution in [-0.2, 0) is 6.42 Å². The number of nitrogens with two attached hydrogens (primary N) is 1. The Hall–Kier alpha value is -1.73. The molecule has 1 aliphatic rings. The lowest BCUT2D eigenvalue weighted by atomic mass is 10.1. The summed E-state index contributed by atoms with van der Waals surface area (Å²) in [5.41, 5.74) is 4.59. The normalized spacial score (nSPS) is 17.9. The first kappa shape index (κ1) is 12.3. The molecule has 1 atom stereocenters. The van der Waals surface area contributed by atoms with E-state index in [4.69, 9.17) is 5.84 Å². The molecular weight excluding hydrogens is 242 g/mol. The van der Waals surface area contributed by atoms with Crippen molar-refractivity contribution in [3.63, 3.8) is 0 Å². The number of aromatic amines is 1. The highest BCUT2D eigenvalue weighted by Crippen LogP contribution is 2.29. The quantitative estimate of drug-likeness (QED) is 0.548. The molecule has 3 rings (SSSR count). The maximum Gasteiger partial charge on any atom is 0.101 e. The number of H-pyrrole nitrogens is 1. The van der Waals surface area contributed by atoms with Gasteiger partial charge in [0.15, 0.2) is 0 Å². The third-order valence-corrected chi connectivity index (χ3v) is 3.77. The van der Waals surface area contributed by atoms with E-state index in [0.717, 1.165) is 11.4 Å². The van der Waals surface area contributed by atoms with E-state index in [0.29, 0.717) is 12.5 Å². The zero-order chi connectivity index (χ0) is 13.1. The molecule has 7 nitrogen and oxygen atoms in total. The van der Waals surface area contributed by atoms with Crippen molar-refractivity contribution in [3.05, 3.63) is 29.8 Å². The van der Waals surface area contributed by atoms with Crippen molar-refractivity contribution in [2.24, 2.45) is 5.84 Å². The Morgan fingerprint density at radius 2 is 2.32 bits per heavy atom. The van der Waals surface area contributed by atoms with Gasteiger partial charge in [-0.25, -0.2) is 0 Å². The average Bonchev–Trinajstić information content (AvgIpc) is 3.15. The van der Waals surface area contributed by atoms with E-state index in [1.165, 1.54) is 25.7 Å². The third-order valence-electron chi connectivity index (χ3n) is 3.77. The molecule has 0 spiro atoms. The second-order valence-electron chi connectivity index (χ2n) is 5.04. The number of nitrogens with one attached hydrogen (secondary N) is 2. The molecule has 1 aliphatic carbocycles. The van der Waals surface area contributed by atoms with E-state index in [2.05, 4.69) is 42.9 Å². The molecule has 1 saturated carbocycles. The van der Waals surface area contributed by atoms with Crippen LogP contribution in [0.1, 0.15) is 49.2 Å². The lowest BCUT2D eigenvalue weighted by Crippen LogP contribution is -2.30. The lowest BCUT2D eigenvalue weighted by Gasteiger charge is -2.12. The number of hydrogen-bond donors (Lipinski definition) is 3. The number of rotatable bonds is 5. The van der Waals surface area contributed by atoms with Gasteiger partial charge in [-0.1, -0.05) is 12.8 Å². The fourth-order valence-electron chi connectivity index (χ4n) is 2.69. The van der Waals surface area contributed by atoms with Gasteiger partial charge in [-0.2, -0.15) is 20.5 Å². The van der Waals surface area contributed by atoms with Gasteiger partial charge >= 0.3 is 0 Å². The van der Waals surface area contributed by atoms with Gasteiger partial charge in [-0.3, -0.25) is 16.0 Å². The van der Waals surface area contributed by atoms with E-state index in [9.17, 15) is 0 Å². The first-order valence-electron chi connectivity index (χ1n) is 6.72. The molecule has 2 aromatic heterocycles. The average molecular weight is 261 g/mol. The minimum atomic E-state index is -0.0642. The minimum absolute atomic E-state index is 0.0642. The van der Waals surface area contributed by atoms with E-state index in [1.807, 2.05) is 0 Å². The van der Waals surface area contributed by atoms with Crippen LogP contribution >= 0.6 is 0 Å². The summed E-state index contributed by atoms with van der Waals surface area (Å²) in [5.74, 6) is 5.57. The van der Waals surface area contributed by atoms with E-state index < -0.39 is 0 Å². The van der Waals surface area contributed by atoms with Crippen LogP contribution in [0.3, 0.4) is 0 Å². The molecule has 1 fully saturated rings. The second kappa shape index (κ2) is 5.50. The summed E-state index contributed by atoms with van der Waals surface area (Å²) in [7, 11) is 0. The number of hydrazine groups is 1. The molecule has 1 unspecified atom stereocenters. The van der Waals surface area contributed by atoms with E-state index in [1.54, 1.807) is 6.20 Å². The van der Waals surface area contributed by atoms with Gasteiger partial charge in [0.2, 0.25) is 0 Å². The molecule has 0 saturated heterocycles. The van der Waals surface area contributed by atoms with Crippen LogP contribution in [-0.4, -0.2) is 25.2 Å². The Morgan fingerprint density at radius 1 is 1.47 bits per heavy atom. The molecule has 0 amide bonds. The summed E-state index contributed by atoms with van der Waals surface area (Å²) in [5, 5.41) is 15.1. The summed E-state index contributed by atoms with van der Waals surface area (Å²) < 4.78 is 2.10. The Balaban J connectivity index is 1.69. The van der Waals surface area contributed by atoms with Crippen LogP contribution in [0.2, 0.25) is 0 Å². The number of nitrogens with zero attached hydrogens (tertiary/aromatic N) is 4. The Morgan fingerprint density at radius 3 is 3.00 bits per heavy atom. The van der Waals surface area contributed by atoms with Crippen LogP contribution in [0.15, 0.2) is 18.5 Å². The summed E-state index contributed by atoms with van der Waals surface area (Å²) in [4.78, 5) is 0. The fraction of sp³-hybridized carbons (Fsp3) is 0.583. The summed E-state index contributed by atoms with van der Waals surface area (Å²) in [6, 6.07) is 2.57. The topological polar surface area (TPSA) is 97.4 Å². The first-order chi connectivity index (χ1) is 9.36. The molecule has 19 heavy (non-hydrogen) atoms. The lowest BCUT2D eigenvalue weighted by molar-refractivity contribution is 0.456. The highest BCUT2D eigenvalue weighted by atomic mass is 15.3. The van der Waals surface area contributed by atoms with Gasteiger partial charge in [0.05, 0.1) is 24.0 Å². The van der Waals surface area contributed by atoms with Gasteiger partial charge in [0.25, 0.3) is 0 Å². The van der Waals surface area contributed by atoms with E-state index in [-0.39, 0.29) is 6.04 Å². The van der Waals surface area contributed by atoms with Crippen molar-refractivity contribution in [2.45, 2.75) is 44.2 Å². The minimum Gasteiger partial charge on any atom is -0.271 e. The van der Waals surface area contributed by atoms with Crippen molar-refractivity contribution in [2.75, 3.05) is 0 Å².